The molecule has 0 saturated carbocycles. The largest absolute Gasteiger partial charge is 0.508 e. The molecule has 4 nitrogen and oxygen atoms in total. The summed E-state index contributed by atoms with van der Waals surface area (Å²) in [5.74, 6) is -0.860. The van der Waals surface area contributed by atoms with Gasteiger partial charge >= 0.3 is 5.97 Å². The molecule has 0 aliphatic carbocycles. The first-order chi connectivity index (χ1) is 6.09. The predicted octanol–water partition coefficient (Wildman–Crippen LogP) is 0.347. The maximum atomic E-state index is 10.4. The Labute approximate surface area is 75.6 Å². The summed E-state index contributed by atoms with van der Waals surface area (Å²) in [5.41, 5.74) is 6.12. The number of aromatic hydroxyl groups is 1. The van der Waals surface area contributed by atoms with Crippen molar-refractivity contribution in [2.24, 2.45) is 5.73 Å². The number of carboxylic acids is 1. The molecule has 0 bridgehead atoms. The van der Waals surface area contributed by atoms with Crippen molar-refractivity contribution in [2.75, 3.05) is 0 Å². The average Bonchev–Trinajstić information content (AvgIpc) is 2.08. The Hall–Kier alpha value is -1.55. The molecule has 1 atom stereocenters. The van der Waals surface area contributed by atoms with Crippen LogP contribution in [0.15, 0.2) is 24.3 Å². The number of hydrogen-bond acceptors (Lipinski definition) is 3. The Balaban J connectivity index is 2.64. The van der Waals surface area contributed by atoms with Crippen LogP contribution in [0, 0.1) is 0 Å². The van der Waals surface area contributed by atoms with Crippen molar-refractivity contribution >= 4 is 5.97 Å². The number of rotatable bonds is 3. The number of nitrogens with two attached hydrogens (primary N) is 1. The highest BCUT2D eigenvalue weighted by atomic mass is 16.4. The summed E-state index contributed by atoms with van der Waals surface area (Å²) < 4.78 is 0. The summed E-state index contributed by atoms with van der Waals surface area (Å²) in [4.78, 5) is 10.4. The van der Waals surface area contributed by atoms with E-state index in [-0.39, 0.29) is 12.2 Å². The maximum Gasteiger partial charge on any atom is 0.320 e. The fraction of sp³-hybridized carbons (Fsp3) is 0.222. The fourth-order valence-corrected chi connectivity index (χ4v) is 0.973. The molecule has 1 aromatic rings. The van der Waals surface area contributed by atoms with Crippen molar-refractivity contribution in [1.29, 1.82) is 0 Å². The molecular weight excluding hydrogens is 176 g/mol. The van der Waals surface area contributed by atoms with Gasteiger partial charge in [0.25, 0.3) is 0 Å². The van der Waals surface area contributed by atoms with E-state index in [2.05, 4.69) is 0 Å². The Morgan fingerprint density at radius 3 is 2.38 bits per heavy atom. The van der Waals surface area contributed by atoms with Gasteiger partial charge in [-0.3, -0.25) is 4.79 Å². The summed E-state index contributed by atoms with van der Waals surface area (Å²) in [6.45, 7) is 0. The van der Waals surface area contributed by atoms with Crippen molar-refractivity contribution in [3.8, 4) is 5.75 Å². The first-order valence-electron chi connectivity index (χ1n) is 3.86. The van der Waals surface area contributed by atoms with Crippen LogP contribution in [-0.4, -0.2) is 22.2 Å². The highest BCUT2D eigenvalue weighted by molar-refractivity contribution is 5.73. The number of phenols is 1. The monoisotopic (exact) mass is 187 g/mol. The molecular formula is C9H11NO3. The summed E-state index contributed by atoms with van der Waals surface area (Å²) in [7, 11) is 0. The van der Waals surface area contributed by atoms with Gasteiger partial charge in [-0.2, -0.15) is 0 Å². The van der Waals surface area contributed by atoms with Gasteiger partial charge in [0.1, 0.15) is 11.8 Å². The van der Waals surface area contributed by atoms with Gasteiger partial charge in [-0.25, -0.2) is 0 Å². The SMILES string of the molecule is N[13C@@H]([13CH2][13c]1cc[13c](O)[13cH][13cH]1)C(=O)O. The average molecular weight is 187 g/mol. The quantitative estimate of drug-likeness (QED) is 0.596. The lowest BCUT2D eigenvalue weighted by Gasteiger charge is -2.05. The summed E-state index contributed by atoms with van der Waals surface area (Å²) >= 11 is 0. The molecule has 0 spiro atoms. The van der Waals surface area contributed by atoms with Crippen molar-refractivity contribution in [3.63, 3.8) is 0 Å². The minimum Gasteiger partial charge on any atom is -0.508 e. The van der Waals surface area contributed by atoms with Crippen LogP contribution in [0.5, 0.6) is 5.75 Å². The molecule has 0 unspecified atom stereocenters. The third kappa shape index (κ3) is 2.76. The third-order valence-electron chi connectivity index (χ3n) is 1.71. The van der Waals surface area contributed by atoms with Gasteiger partial charge < -0.3 is 15.9 Å². The highest BCUT2D eigenvalue weighted by Gasteiger charge is 2.11. The van der Waals surface area contributed by atoms with Crippen LogP contribution in [0.2, 0.25) is 0 Å². The Kier molecular flexibility index (Phi) is 2.87. The van der Waals surface area contributed by atoms with Crippen molar-refractivity contribution in [2.45, 2.75) is 12.5 Å². The van der Waals surface area contributed by atoms with Gasteiger partial charge in [0.05, 0.1) is 0 Å². The standard InChI is InChI=1S/C9H11NO3/c10-8(9(12)13)5-6-1-3-7(11)4-2-6/h1-4,8,11H,5,10H2,(H,12,13)/t8-/m0/s1/i1+1,3+1,5+1,6+1,7+1,8+1. The fourth-order valence-electron chi connectivity index (χ4n) is 0.973. The molecule has 1 aromatic carbocycles. The molecule has 70 valence electrons. The number of phenolic OH excluding ortho intramolecular Hbond substituents is 1. The van der Waals surface area contributed by atoms with E-state index >= 15 is 0 Å². The van der Waals surface area contributed by atoms with Crippen LogP contribution in [0.4, 0.5) is 0 Å². The topological polar surface area (TPSA) is 83.5 Å². The van der Waals surface area contributed by atoms with E-state index < -0.39 is 12.0 Å². The van der Waals surface area contributed by atoms with Gasteiger partial charge in [-0.1, -0.05) is 12.1 Å². The molecule has 0 aliphatic rings. The summed E-state index contributed by atoms with van der Waals surface area (Å²) in [6, 6.07) is 5.42. The molecule has 1 rings (SSSR count). The normalized spacial score (nSPS) is 12.4. The zero-order chi connectivity index (χ0) is 9.84. The molecule has 0 amide bonds. The molecule has 4 heteroatoms. The van der Waals surface area contributed by atoms with Crippen LogP contribution in [0.1, 0.15) is 5.56 Å². The van der Waals surface area contributed by atoms with Crippen LogP contribution in [0.3, 0.4) is 0 Å². The number of aliphatic carboxylic acids is 1. The molecule has 0 heterocycles. The minimum absolute atomic E-state index is 0.160. The van der Waals surface area contributed by atoms with Gasteiger partial charge in [0, 0.05) is 0 Å². The number of carboxylic acid groups (broad SMARTS) is 1. The van der Waals surface area contributed by atoms with Gasteiger partial charge in [-0.05, 0) is 24.1 Å². The second-order valence-corrected chi connectivity index (χ2v) is 2.82. The Morgan fingerprint density at radius 1 is 1.38 bits per heavy atom. The maximum absolute atomic E-state index is 10.4. The first-order valence-corrected chi connectivity index (χ1v) is 3.86. The van der Waals surface area contributed by atoms with E-state index in [1.165, 1.54) is 12.1 Å². The third-order valence-corrected chi connectivity index (χ3v) is 1.71. The van der Waals surface area contributed by atoms with E-state index in [4.69, 9.17) is 15.9 Å². The molecule has 0 aliphatic heterocycles. The van der Waals surface area contributed by atoms with E-state index in [1.54, 1.807) is 12.1 Å². The van der Waals surface area contributed by atoms with Crippen LogP contribution >= 0.6 is 0 Å². The molecule has 0 saturated heterocycles. The second kappa shape index (κ2) is 3.91. The van der Waals surface area contributed by atoms with Crippen molar-refractivity contribution in [1.82, 2.24) is 0 Å². The molecule has 0 radical (unpaired) electrons. The molecule has 0 fully saturated rings. The van der Waals surface area contributed by atoms with Crippen LogP contribution in [0.25, 0.3) is 0 Å². The van der Waals surface area contributed by atoms with E-state index in [1.807, 2.05) is 0 Å². The Morgan fingerprint density at radius 2 is 1.92 bits per heavy atom. The lowest BCUT2D eigenvalue weighted by Crippen LogP contribution is -2.32. The smallest absolute Gasteiger partial charge is 0.320 e. The molecule has 13 heavy (non-hydrogen) atoms. The van der Waals surface area contributed by atoms with Crippen LogP contribution in [-0.2, 0) is 11.2 Å². The first kappa shape index (κ1) is 9.54. The lowest BCUT2D eigenvalue weighted by molar-refractivity contribution is -0.138. The zero-order valence-corrected chi connectivity index (χ0v) is 6.97. The number of carbonyl (C=O) groups is 1. The minimum atomic E-state index is -1.02. The van der Waals surface area contributed by atoms with Crippen molar-refractivity contribution < 1.29 is 15.0 Å². The van der Waals surface area contributed by atoms with Gasteiger partial charge in [0.2, 0.25) is 0 Å². The molecule has 4 N–H and O–H groups in total. The van der Waals surface area contributed by atoms with E-state index in [9.17, 15) is 4.79 Å². The van der Waals surface area contributed by atoms with E-state index in [0.29, 0.717) is 0 Å². The predicted molar refractivity (Wildman–Crippen MR) is 47.4 cm³/mol. The second-order valence-electron chi connectivity index (χ2n) is 2.82. The number of benzene rings is 1. The van der Waals surface area contributed by atoms with E-state index in [0.717, 1.165) is 5.56 Å². The summed E-state index contributed by atoms with van der Waals surface area (Å²) in [5, 5.41) is 17.5. The summed E-state index contributed by atoms with van der Waals surface area (Å²) in [6.07, 6.45) is 0.273. The van der Waals surface area contributed by atoms with Gasteiger partial charge in [-0.15, -0.1) is 0 Å². The lowest BCUT2D eigenvalue weighted by atomic mass is 10.7. The highest BCUT2D eigenvalue weighted by Crippen LogP contribution is 2.10. The van der Waals surface area contributed by atoms with Crippen LogP contribution < -0.4 is 5.73 Å². The molecule has 0 aromatic heterocycles. The Bertz CT molecular complexity index is 294. The zero-order valence-electron chi connectivity index (χ0n) is 6.97. The number of hydrogen-bond donors (Lipinski definition) is 3. The van der Waals surface area contributed by atoms with Gasteiger partial charge in [0.15, 0.2) is 0 Å². The van der Waals surface area contributed by atoms with Crippen molar-refractivity contribution in [3.05, 3.63) is 29.8 Å².